The van der Waals surface area contributed by atoms with Crippen molar-refractivity contribution in [1.82, 2.24) is 4.98 Å². The van der Waals surface area contributed by atoms with Gasteiger partial charge in [-0.25, -0.2) is 4.73 Å². The van der Waals surface area contributed by atoms with Crippen molar-refractivity contribution in [3.05, 3.63) is 53.1 Å². The van der Waals surface area contributed by atoms with Gasteiger partial charge in [0.25, 0.3) is 0 Å². The quantitative estimate of drug-likeness (QED) is 0.305. The molecule has 0 aliphatic rings. The molecule has 0 aliphatic heterocycles. The van der Waals surface area contributed by atoms with Gasteiger partial charge in [0.1, 0.15) is 11.5 Å². The summed E-state index contributed by atoms with van der Waals surface area (Å²) >= 11 is 5.83. The Morgan fingerprint density at radius 3 is 2.86 bits per heavy atom. The second kappa shape index (κ2) is 4.33. The number of fused-ring (bicyclic) bond motifs is 5. The molecular formula is C16H11ClN2O2. The molecule has 2 heterocycles. The van der Waals surface area contributed by atoms with Gasteiger partial charge in [-0.1, -0.05) is 30.3 Å². The number of aromatic nitrogens is 2. The smallest absolute Gasteiger partial charge is 0.317 e. The largest absolute Gasteiger partial charge is 0.710 e. The maximum atomic E-state index is 12.1. The maximum Gasteiger partial charge on any atom is 0.317 e. The van der Waals surface area contributed by atoms with Gasteiger partial charge in [-0.15, -0.1) is 11.6 Å². The Hall–Kier alpha value is -2.33. The van der Waals surface area contributed by atoms with E-state index in [1.807, 2.05) is 36.4 Å². The number of alkyl halides is 1. The molecule has 2 aromatic carbocycles. The molecule has 0 saturated heterocycles. The van der Waals surface area contributed by atoms with Crippen LogP contribution in [0.15, 0.2) is 40.8 Å². The van der Waals surface area contributed by atoms with Crippen molar-refractivity contribution in [2.45, 2.75) is 12.8 Å². The van der Waals surface area contributed by atoms with Gasteiger partial charge in [-0.2, -0.15) is 0 Å². The Balaban J connectivity index is 2.30. The fourth-order valence-electron chi connectivity index (χ4n) is 2.75. The monoisotopic (exact) mass is 298 g/mol. The SMILES string of the molecule is Cc1c2oc3ccc4ccccc4c3c2nc(CCl)[n+]1[O-]. The number of aryl methyl sites for hydroxylation is 1. The van der Waals surface area contributed by atoms with Crippen molar-refractivity contribution >= 4 is 44.4 Å². The van der Waals surface area contributed by atoms with Crippen LogP contribution in [0, 0.1) is 12.1 Å². The first kappa shape index (κ1) is 12.4. The van der Waals surface area contributed by atoms with Crippen LogP contribution in [-0.4, -0.2) is 4.98 Å². The minimum Gasteiger partial charge on any atom is -0.710 e. The number of benzene rings is 2. The van der Waals surface area contributed by atoms with Crippen LogP contribution in [0.5, 0.6) is 0 Å². The summed E-state index contributed by atoms with van der Waals surface area (Å²) in [5.74, 6) is 0.356. The maximum absolute atomic E-state index is 12.1. The molecule has 4 aromatic rings. The predicted molar refractivity (Wildman–Crippen MR) is 82.3 cm³/mol. The van der Waals surface area contributed by atoms with E-state index < -0.39 is 0 Å². The van der Waals surface area contributed by atoms with Gasteiger partial charge in [0.2, 0.25) is 11.1 Å². The van der Waals surface area contributed by atoms with Crippen LogP contribution in [0.2, 0.25) is 0 Å². The molecule has 2 aromatic heterocycles. The van der Waals surface area contributed by atoms with Gasteiger partial charge < -0.3 is 9.62 Å². The average Bonchev–Trinajstić information content (AvgIpc) is 2.90. The van der Waals surface area contributed by atoms with Gasteiger partial charge in [-0.05, 0) is 21.8 Å². The minimum absolute atomic E-state index is 0.0672. The van der Waals surface area contributed by atoms with Crippen molar-refractivity contribution in [3.63, 3.8) is 0 Å². The van der Waals surface area contributed by atoms with Crippen molar-refractivity contribution in [3.8, 4) is 0 Å². The minimum atomic E-state index is 0.0672. The van der Waals surface area contributed by atoms with E-state index in [1.54, 1.807) is 6.92 Å². The Morgan fingerprint density at radius 2 is 2.05 bits per heavy atom. The molecule has 0 atom stereocenters. The van der Waals surface area contributed by atoms with Crippen molar-refractivity contribution in [1.29, 1.82) is 0 Å². The molecule has 4 rings (SSSR count). The van der Waals surface area contributed by atoms with E-state index >= 15 is 0 Å². The van der Waals surface area contributed by atoms with Gasteiger partial charge in [0, 0.05) is 6.92 Å². The van der Waals surface area contributed by atoms with E-state index in [1.165, 1.54) is 0 Å². The number of furan rings is 1. The molecule has 0 fully saturated rings. The van der Waals surface area contributed by atoms with E-state index in [2.05, 4.69) is 4.98 Å². The molecule has 0 N–H and O–H groups in total. The van der Waals surface area contributed by atoms with E-state index in [9.17, 15) is 5.21 Å². The summed E-state index contributed by atoms with van der Waals surface area (Å²) < 4.78 is 6.58. The highest BCUT2D eigenvalue weighted by molar-refractivity contribution is 6.18. The molecule has 0 saturated carbocycles. The first-order valence-corrected chi connectivity index (χ1v) is 7.13. The zero-order valence-corrected chi connectivity index (χ0v) is 12.0. The second-order valence-corrected chi connectivity index (χ2v) is 5.25. The van der Waals surface area contributed by atoms with Crippen molar-refractivity contribution in [2.75, 3.05) is 0 Å². The van der Waals surface area contributed by atoms with Crippen LogP contribution in [-0.2, 0) is 5.88 Å². The second-order valence-electron chi connectivity index (χ2n) is 4.98. The highest BCUT2D eigenvalue weighted by atomic mass is 35.5. The van der Waals surface area contributed by atoms with Gasteiger partial charge in [0.05, 0.1) is 5.39 Å². The fraction of sp³-hybridized carbons (Fsp3) is 0.125. The number of rotatable bonds is 1. The predicted octanol–water partition coefficient (Wildman–Crippen LogP) is 3.81. The molecule has 5 heteroatoms. The van der Waals surface area contributed by atoms with E-state index in [0.717, 1.165) is 26.5 Å². The Bertz CT molecular complexity index is 1010. The fourth-order valence-corrected chi connectivity index (χ4v) is 2.92. The highest BCUT2D eigenvalue weighted by Crippen LogP contribution is 2.34. The first-order chi connectivity index (χ1) is 10.2. The standard InChI is InChI=1S/C16H11ClN2O2/c1-9-16-15(18-13(8-17)19(9)20)14-11-5-3-2-4-10(11)6-7-12(14)21-16/h2-7H,8H2,1H3. The van der Waals surface area contributed by atoms with Crippen LogP contribution in [0.1, 0.15) is 11.5 Å². The van der Waals surface area contributed by atoms with Crippen LogP contribution < -0.4 is 4.73 Å². The summed E-state index contributed by atoms with van der Waals surface area (Å²) in [4.78, 5) is 4.42. The third kappa shape index (κ3) is 1.63. The molecule has 4 nitrogen and oxygen atoms in total. The molecular weight excluding hydrogens is 288 g/mol. The lowest BCUT2D eigenvalue weighted by Crippen LogP contribution is -2.36. The van der Waals surface area contributed by atoms with Crippen LogP contribution in [0.25, 0.3) is 32.8 Å². The lowest BCUT2D eigenvalue weighted by atomic mass is 10.1. The molecule has 21 heavy (non-hydrogen) atoms. The van der Waals surface area contributed by atoms with Crippen molar-refractivity contribution in [2.24, 2.45) is 0 Å². The van der Waals surface area contributed by atoms with Crippen LogP contribution >= 0.6 is 11.6 Å². The third-order valence-electron chi connectivity index (χ3n) is 3.78. The highest BCUT2D eigenvalue weighted by Gasteiger charge is 2.22. The molecule has 0 unspecified atom stereocenters. The normalized spacial score (nSPS) is 11.7. The summed E-state index contributed by atoms with van der Waals surface area (Å²) in [6.45, 7) is 1.72. The number of halogens is 1. The average molecular weight is 299 g/mol. The number of hydrogen-bond donors (Lipinski definition) is 0. The number of nitrogens with zero attached hydrogens (tertiary/aromatic N) is 2. The van der Waals surface area contributed by atoms with E-state index in [4.69, 9.17) is 16.0 Å². The van der Waals surface area contributed by atoms with Crippen molar-refractivity contribution < 1.29 is 9.15 Å². The third-order valence-corrected chi connectivity index (χ3v) is 4.02. The molecule has 0 spiro atoms. The summed E-state index contributed by atoms with van der Waals surface area (Å²) in [6, 6.07) is 12.0. The zero-order valence-electron chi connectivity index (χ0n) is 11.3. The molecule has 0 amide bonds. The first-order valence-electron chi connectivity index (χ1n) is 6.59. The van der Waals surface area contributed by atoms with E-state index in [0.29, 0.717) is 16.8 Å². The Kier molecular flexibility index (Phi) is 2.56. The molecule has 0 aliphatic carbocycles. The zero-order chi connectivity index (χ0) is 14.6. The summed E-state index contributed by atoms with van der Waals surface area (Å²) in [7, 11) is 0. The van der Waals surface area contributed by atoms with Gasteiger partial charge in [-0.3, -0.25) is 0 Å². The summed E-state index contributed by atoms with van der Waals surface area (Å²) in [5.41, 5.74) is 2.43. The molecule has 0 radical (unpaired) electrons. The number of hydrogen-bond acceptors (Lipinski definition) is 3. The van der Waals surface area contributed by atoms with E-state index in [-0.39, 0.29) is 11.7 Å². The topological polar surface area (TPSA) is 53.0 Å². The van der Waals surface area contributed by atoms with Crippen LogP contribution in [0.3, 0.4) is 0 Å². The summed E-state index contributed by atoms with van der Waals surface area (Å²) in [5, 5.41) is 15.2. The van der Waals surface area contributed by atoms with Crippen LogP contribution in [0.4, 0.5) is 0 Å². The Labute approximate surface area is 125 Å². The lowest BCUT2D eigenvalue weighted by molar-refractivity contribution is -0.621. The lowest BCUT2D eigenvalue weighted by Gasteiger charge is -2.06. The van der Waals surface area contributed by atoms with Gasteiger partial charge >= 0.3 is 5.82 Å². The molecule has 0 bridgehead atoms. The van der Waals surface area contributed by atoms with Gasteiger partial charge in [0.15, 0.2) is 5.69 Å². The molecule has 104 valence electrons. The Morgan fingerprint density at radius 1 is 1.24 bits per heavy atom. The summed E-state index contributed by atoms with van der Waals surface area (Å²) in [6.07, 6.45) is 0.